The zero-order chi connectivity index (χ0) is 19.6. The molecule has 2 aromatic carbocycles. The Bertz CT molecular complexity index is 1140. The van der Waals surface area contributed by atoms with E-state index in [4.69, 9.17) is 4.74 Å². The van der Waals surface area contributed by atoms with Crippen molar-refractivity contribution >= 4 is 28.2 Å². The summed E-state index contributed by atoms with van der Waals surface area (Å²) in [5.74, 6) is -0.218. The Labute approximate surface area is 168 Å². The molecule has 0 aliphatic carbocycles. The predicted molar refractivity (Wildman–Crippen MR) is 108 cm³/mol. The first-order chi connectivity index (χ1) is 12.8. The Morgan fingerprint density at radius 1 is 1.07 bits per heavy atom. The number of aromatic nitrogens is 1. The third kappa shape index (κ3) is 4.09. The SMILES string of the molecule is COc1nc(-c2ccc(F)cc2)c(-c2ccc(S(=O)(=O)I)cc2)cc1C#N. The summed E-state index contributed by atoms with van der Waals surface area (Å²) in [4.78, 5) is 4.60. The number of methoxy groups -OCH3 is 1. The van der Waals surface area contributed by atoms with Crippen molar-refractivity contribution in [2.75, 3.05) is 7.11 Å². The zero-order valence-corrected chi connectivity index (χ0v) is 17.0. The fourth-order valence-corrected chi connectivity index (χ4v) is 3.92. The van der Waals surface area contributed by atoms with Crippen molar-refractivity contribution in [3.8, 4) is 34.3 Å². The van der Waals surface area contributed by atoms with E-state index in [2.05, 4.69) is 4.98 Å². The van der Waals surface area contributed by atoms with Crippen molar-refractivity contribution in [3.05, 3.63) is 66.0 Å². The first-order valence-corrected chi connectivity index (χ1v) is 11.7. The minimum Gasteiger partial charge on any atom is -0.480 e. The number of nitriles is 1. The van der Waals surface area contributed by atoms with Crippen LogP contribution in [0.15, 0.2) is 59.5 Å². The van der Waals surface area contributed by atoms with Crippen LogP contribution in [-0.4, -0.2) is 20.5 Å². The molecule has 5 nitrogen and oxygen atoms in total. The third-order valence-electron chi connectivity index (χ3n) is 3.87. The van der Waals surface area contributed by atoms with Crippen molar-refractivity contribution in [2.45, 2.75) is 4.90 Å². The van der Waals surface area contributed by atoms with Gasteiger partial charge in [0.25, 0.3) is 0 Å². The van der Waals surface area contributed by atoms with E-state index in [9.17, 15) is 18.1 Å². The Kier molecular flexibility index (Phi) is 5.43. The highest BCUT2D eigenvalue weighted by Gasteiger charge is 2.17. The van der Waals surface area contributed by atoms with Gasteiger partial charge >= 0.3 is 0 Å². The Morgan fingerprint density at radius 3 is 2.19 bits per heavy atom. The van der Waals surface area contributed by atoms with Gasteiger partial charge in [-0.05, 0) is 48.0 Å². The summed E-state index contributed by atoms with van der Waals surface area (Å²) >= 11 is 1.37. The monoisotopic (exact) mass is 494 g/mol. The van der Waals surface area contributed by atoms with Crippen LogP contribution in [0.1, 0.15) is 5.56 Å². The summed E-state index contributed by atoms with van der Waals surface area (Å²) < 4.78 is 41.8. The maximum atomic E-state index is 13.3. The van der Waals surface area contributed by atoms with Crippen LogP contribution in [-0.2, 0) is 7.01 Å². The van der Waals surface area contributed by atoms with Gasteiger partial charge in [0.2, 0.25) is 12.9 Å². The molecule has 3 rings (SSSR count). The number of rotatable bonds is 4. The summed E-state index contributed by atoms with van der Waals surface area (Å²) in [5.41, 5.74) is 2.65. The summed E-state index contributed by atoms with van der Waals surface area (Å²) in [7, 11) is -1.94. The van der Waals surface area contributed by atoms with E-state index < -0.39 is 7.01 Å². The first-order valence-electron chi connectivity index (χ1n) is 7.63. The summed E-state index contributed by atoms with van der Waals surface area (Å²) in [6.07, 6.45) is 0. The van der Waals surface area contributed by atoms with Gasteiger partial charge in [-0.1, -0.05) is 12.1 Å². The van der Waals surface area contributed by atoms with E-state index in [1.165, 1.54) is 52.6 Å². The molecule has 0 radical (unpaired) electrons. The van der Waals surface area contributed by atoms with Crippen LogP contribution in [0.4, 0.5) is 4.39 Å². The molecule has 1 heterocycles. The number of pyridine rings is 1. The molecule has 0 N–H and O–H groups in total. The van der Waals surface area contributed by atoms with Crippen LogP contribution in [0.25, 0.3) is 22.4 Å². The van der Waals surface area contributed by atoms with Gasteiger partial charge in [-0.25, -0.2) is 17.8 Å². The molecule has 0 fully saturated rings. The molecule has 0 aliphatic rings. The summed E-state index contributed by atoms with van der Waals surface area (Å²) in [5, 5.41) is 9.37. The molecule has 27 heavy (non-hydrogen) atoms. The smallest absolute Gasteiger partial charge is 0.232 e. The fraction of sp³-hybridized carbons (Fsp3) is 0.0526. The highest BCUT2D eigenvalue weighted by Crippen LogP contribution is 2.35. The second-order valence-corrected chi connectivity index (χ2v) is 10.3. The molecule has 0 unspecified atom stereocenters. The fourth-order valence-electron chi connectivity index (χ4n) is 2.58. The lowest BCUT2D eigenvalue weighted by molar-refractivity contribution is 0.397. The van der Waals surface area contributed by atoms with Gasteiger partial charge < -0.3 is 4.74 Å². The number of nitrogens with zero attached hydrogens (tertiary/aromatic N) is 2. The van der Waals surface area contributed by atoms with Crippen LogP contribution in [0.2, 0.25) is 0 Å². The van der Waals surface area contributed by atoms with Crippen LogP contribution in [0.3, 0.4) is 0 Å². The van der Waals surface area contributed by atoms with Crippen LogP contribution >= 0.6 is 21.2 Å². The second kappa shape index (κ2) is 7.62. The topological polar surface area (TPSA) is 80.0 Å². The molecule has 0 saturated heterocycles. The van der Waals surface area contributed by atoms with E-state index in [1.54, 1.807) is 30.3 Å². The lowest BCUT2D eigenvalue weighted by Crippen LogP contribution is -1.98. The molecule has 0 bridgehead atoms. The van der Waals surface area contributed by atoms with Gasteiger partial charge in [0.05, 0.1) is 38.9 Å². The number of ether oxygens (including phenoxy) is 1. The Hall–Kier alpha value is -2.51. The van der Waals surface area contributed by atoms with Gasteiger partial charge in [0.1, 0.15) is 17.4 Å². The Morgan fingerprint density at radius 2 is 1.67 bits per heavy atom. The average Bonchev–Trinajstić information content (AvgIpc) is 2.67. The highest BCUT2D eigenvalue weighted by atomic mass is 127. The first kappa shape index (κ1) is 19.3. The quantitative estimate of drug-likeness (QED) is 0.393. The second-order valence-electron chi connectivity index (χ2n) is 5.52. The molecule has 0 amide bonds. The predicted octanol–water partition coefficient (Wildman–Crippen LogP) is 4.56. The van der Waals surface area contributed by atoms with E-state index in [0.29, 0.717) is 22.4 Å². The van der Waals surface area contributed by atoms with Crippen molar-refractivity contribution in [3.63, 3.8) is 0 Å². The average molecular weight is 494 g/mol. The maximum absolute atomic E-state index is 13.3. The summed E-state index contributed by atoms with van der Waals surface area (Å²) in [6.45, 7) is 0. The van der Waals surface area contributed by atoms with Gasteiger partial charge in [0, 0.05) is 11.1 Å². The van der Waals surface area contributed by atoms with E-state index in [1.807, 2.05) is 6.07 Å². The van der Waals surface area contributed by atoms with E-state index in [-0.39, 0.29) is 22.2 Å². The normalized spacial score (nSPS) is 11.0. The maximum Gasteiger partial charge on any atom is 0.232 e. The molecule has 0 saturated carbocycles. The summed E-state index contributed by atoms with van der Waals surface area (Å²) in [6, 6.07) is 15.7. The lowest BCUT2D eigenvalue weighted by atomic mass is 9.98. The minimum absolute atomic E-state index is 0.159. The van der Waals surface area contributed by atoms with Crippen molar-refractivity contribution in [1.82, 2.24) is 4.98 Å². The Balaban J connectivity index is 2.24. The van der Waals surface area contributed by atoms with E-state index >= 15 is 0 Å². The molecular formula is C19H12FIN2O3S. The molecule has 0 atom stereocenters. The van der Waals surface area contributed by atoms with Gasteiger partial charge in [-0.3, -0.25) is 0 Å². The van der Waals surface area contributed by atoms with Gasteiger partial charge in [0.15, 0.2) is 0 Å². The van der Waals surface area contributed by atoms with Gasteiger partial charge in [-0.2, -0.15) is 5.26 Å². The molecular weight excluding hydrogens is 482 g/mol. The number of hydrogen-bond acceptors (Lipinski definition) is 5. The number of hydrogen-bond donors (Lipinski definition) is 0. The van der Waals surface area contributed by atoms with Crippen LogP contribution < -0.4 is 4.74 Å². The molecule has 8 heteroatoms. The standard InChI is InChI=1S/C19H12FIN2O3S/c1-26-19-14(11-22)10-17(12-4-8-16(9-5-12)27(21,24)25)18(23-19)13-2-6-15(20)7-3-13/h2-10H,1H3. The van der Waals surface area contributed by atoms with Crippen molar-refractivity contribution in [1.29, 1.82) is 5.26 Å². The number of benzene rings is 2. The molecule has 3 aromatic rings. The largest absolute Gasteiger partial charge is 0.480 e. The van der Waals surface area contributed by atoms with Crippen molar-refractivity contribution < 1.29 is 17.5 Å². The third-order valence-corrected chi connectivity index (χ3v) is 6.23. The molecule has 0 spiro atoms. The lowest BCUT2D eigenvalue weighted by Gasteiger charge is -2.13. The molecule has 1 aromatic heterocycles. The van der Waals surface area contributed by atoms with Gasteiger partial charge in [-0.15, -0.1) is 0 Å². The minimum atomic E-state index is -3.35. The van der Waals surface area contributed by atoms with Crippen molar-refractivity contribution in [2.24, 2.45) is 0 Å². The molecule has 136 valence electrons. The van der Waals surface area contributed by atoms with Crippen LogP contribution in [0, 0.1) is 17.1 Å². The zero-order valence-electron chi connectivity index (χ0n) is 14.0. The van der Waals surface area contributed by atoms with E-state index in [0.717, 1.165) is 0 Å². The highest BCUT2D eigenvalue weighted by molar-refractivity contribution is 14.2. The molecule has 0 aliphatic heterocycles. The number of halogens is 2. The van der Waals surface area contributed by atoms with Crippen LogP contribution in [0.5, 0.6) is 5.88 Å².